The number of nitrogens with two attached hydrogens (primary N) is 1. The van der Waals surface area contributed by atoms with Gasteiger partial charge in [0.05, 0.1) is 12.1 Å². The largest absolute Gasteiger partial charge is 0.366 e. The molecule has 0 aliphatic heterocycles. The lowest BCUT2D eigenvalue weighted by Crippen LogP contribution is -2.12. The maximum Gasteiger partial charge on any atom is 0.249 e. The number of carbonyl (C=O) groups excluding carboxylic acids is 1. The number of nitrogens with zero attached hydrogens (tertiary/aromatic N) is 1. The van der Waals surface area contributed by atoms with Crippen molar-refractivity contribution in [1.82, 2.24) is 4.57 Å². The van der Waals surface area contributed by atoms with Crippen molar-refractivity contribution < 1.29 is 31.1 Å². The van der Waals surface area contributed by atoms with E-state index in [2.05, 4.69) is 0 Å². The average Bonchev–Trinajstić information content (AvgIpc) is 3.01. The highest BCUT2D eigenvalue weighted by molar-refractivity contribution is 6.17. The summed E-state index contributed by atoms with van der Waals surface area (Å²) in [6.07, 6.45) is 0. The van der Waals surface area contributed by atoms with Crippen LogP contribution in [0, 0.1) is 34.9 Å². The van der Waals surface area contributed by atoms with E-state index in [-0.39, 0.29) is 27.4 Å². The molecule has 1 aromatic heterocycles. The Morgan fingerprint density at radius 1 is 0.828 bits per heavy atom. The monoisotopic (exact) mass is 408 g/mol. The Bertz CT molecular complexity index is 1300. The molecule has 0 radical (unpaired) electrons. The summed E-state index contributed by atoms with van der Waals surface area (Å²) in [5.41, 5.74) is 4.77. The Balaban J connectivity index is 2.08. The molecule has 0 unspecified atom stereocenters. The summed E-state index contributed by atoms with van der Waals surface area (Å²) in [5.74, 6) is -11.8. The van der Waals surface area contributed by atoms with Gasteiger partial charge in [-0.2, -0.15) is 0 Å². The van der Waals surface area contributed by atoms with Gasteiger partial charge in [0.1, 0.15) is 5.82 Å². The first-order valence-corrected chi connectivity index (χ1v) is 8.23. The van der Waals surface area contributed by atoms with Gasteiger partial charge in [0, 0.05) is 27.4 Å². The molecule has 1 heterocycles. The number of fused-ring (bicyclic) bond motifs is 3. The number of carbonyl (C=O) groups is 1. The van der Waals surface area contributed by atoms with Crippen LogP contribution < -0.4 is 5.73 Å². The molecule has 0 aliphatic carbocycles. The van der Waals surface area contributed by atoms with Gasteiger partial charge in [-0.05, 0) is 30.3 Å². The first-order chi connectivity index (χ1) is 13.7. The Labute approximate surface area is 158 Å². The molecule has 9 heteroatoms. The molecular weight excluding hydrogens is 398 g/mol. The number of hydrogen-bond donors (Lipinski definition) is 1. The molecule has 0 spiro atoms. The minimum absolute atomic E-state index is 0.0225. The zero-order valence-electron chi connectivity index (χ0n) is 14.4. The van der Waals surface area contributed by atoms with Crippen LogP contribution in [0.2, 0.25) is 0 Å². The summed E-state index contributed by atoms with van der Waals surface area (Å²) in [7, 11) is 0. The van der Waals surface area contributed by atoms with Crippen LogP contribution >= 0.6 is 0 Å². The smallest absolute Gasteiger partial charge is 0.249 e. The fourth-order valence-electron chi connectivity index (χ4n) is 3.44. The predicted octanol–water partition coefficient (Wildman–Crippen LogP) is 4.78. The van der Waals surface area contributed by atoms with E-state index in [0.717, 1.165) is 12.1 Å². The van der Waals surface area contributed by atoms with Crippen LogP contribution in [0.15, 0.2) is 36.4 Å². The molecule has 0 atom stereocenters. The van der Waals surface area contributed by atoms with Crippen LogP contribution in [0.3, 0.4) is 0 Å². The maximum absolute atomic E-state index is 14.2. The number of amides is 1. The lowest BCUT2D eigenvalue weighted by Gasteiger charge is -2.12. The SMILES string of the molecule is NC(=O)c1cccc2c1c1cc(F)ccc1n2Cc1c(F)c(F)c(F)c(F)c1F. The number of aromatic nitrogens is 1. The zero-order chi connectivity index (χ0) is 21.0. The maximum atomic E-state index is 14.2. The lowest BCUT2D eigenvalue weighted by atomic mass is 10.1. The second kappa shape index (κ2) is 6.54. The second-order valence-electron chi connectivity index (χ2n) is 6.36. The molecule has 2 N–H and O–H groups in total. The Morgan fingerprint density at radius 2 is 1.45 bits per heavy atom. The highest BCUT2D eigenvalue weighted by Crippen LogP contribution is 2.34. The molecule has 4 aromatic rings. The average molecular weight is 408 g/mol. The van der Waals surface area contributed by atoms with Crippen molar-refractivity contribution in [2.24, 2.45) is 5.73 Å². The van der Waals surface area contributed by atoms with Crippen molar-refractivity contribution in [1.29, 1.82) is 0 Å². The molecule has 0 bridgehead atoms. The molecule has 3 nitrogen and oxygen atoms in total. The Hall–Kier alpha value is -3.49. The number of rotatable bonds is 3. The highest BCUT2D eigenvalue weighted by Gasteiger charge is 2.27. The molecule has 29 heavy (non-hydrogen) atoms. The van der Waals surface area contributed by atoms with Crippen LogP contribution in [0.5, 0.6) is 0 Å². The minimum atomic E-state index is -2.26. The third-order valence-corrected chi connectivity index (χ3v) is 4.73. The van der Waals surface area contributed by atoms with E-state index >= 15 is 0 Å². The van der Waals surface area contributed by atoms with E-state index in [1.807, 2.05) is 0 Å². The standard InChI is InChI=1S/C20H10F6N2O/c21-8-4-5-12-10(6-8)14-9(20(27)29)2-1-3-13(14)28(12)7-11-15(22)17(24)19(26)18(25)16(11)23/h1-6H,7H2,(H2,27,29). The number of benzene rings is 3. The normalized spacial score (nSPS) is 11.5. The highest BCUT2D eigenvalue weighted by atomic mass is 19.2. The van der Waals surface area contributed by atoms with Crippen molar-refractivity contribution in [2.45, 2.75) is 6.54 Å². The van der Waals surface area contributed by atoms with Gasteiger partial charge in [0.15, 0.2) is 23.3 Å². The van der Waals surface area contributed by atoms with Crippen LogP contribution in [0.25, 0.3) is 21.8 Å². The zero-order valence-corrected chi connectivity index (χ0v) is 14.4. The van der Waals surface area contributed by atoms with Gasteiger partial charge in [-0.3, -0.25) is 4.79 Å². The number of halogens is 6. The van der Waals surface area contributed by atoms with Crippen LogP contribution in [-0.4, -0.2) is 10.5 Å². The molecule has 148 valence electrons. The van der Waals surface area contributed by atoms with Crippen LogP contribution in [0.4, 0.5) is 26.3 Å². The third-order valence-electron chi connectivity index (χ3n) is 4.73. The summed E-state index contributed by atoms with van der Waals surface area (Å²) in [4.78, 5) is 11.8. The fourth-order valence-corrected chi connectivity index (χ4v) is 3.44. The first-order valence-electron chi connectivity index (χ1n) is 8.23. The summed E-state index contributed by atoms with van der Waals surface area (Å²) in [6, 6.07) is 7.73. The van der Waals surface area contributed by atoms with E-state index in [1.165, 1.54) is 28.8 Å². The van der Waals surface area contributed by atoms with Gasteiger partial charge >= 0.3 is 0 Å². The van der Waals surface area contributed by atoms with E-state index in [0.29, 0.717) is 0 Å². The van der Waals surface area contributed by atoms with Crippen molar-refractivity contribution >= 4 is 27.7 Å². The molecule has 3 aromatic carbocycles. The molecule has 4 rings (SSSR count). The van der Waals surface area contributed by atoms with Gasteiger partial charge in [-0.25, -0.2) is 26.3 Å². The van der Waals surface area contributed by atoms with Gasteiger partial charge in [-0.1, -0.05) is 6.07 Å². The quantitative estimate of drug-likeness (QED) is 0.296. The summed E-state index contributed by atoms with van der Waals surface area (Å²) < 4.78 is 84.0. The fraction of sp³-hybridized carbons (Fsp3) is 0.0500. The summed E-state index contributed by atoms with van der Waals surface area (Å²) >= 11 is 0. The Kier molecular flexibility index (Phi) is 4.25. The van der Waals surface area contributed by atoms with E-state index in [1.54, 1.807) is 0 Å². The van der Waals surface area contributed by atoms with E-state index in [4.69, 9.17) is 5.73 Å². The lowest BCUT2D eigenvalue weighted by molar-refractivity contribution is 0.100. The number of hydrogen-bond acceptors (Lipinski definition) is 1. The Morgan fingerprint density at radius 3 is 2.07 bits per heavy atom. The molecule has 1 amide bonds. The topological polar surface area (TPSA) is 48.0 Å². The summed E-state index contributed by atoms with van der Waals surface area (Å²) in [6.45, 7) is -0.750. The predicted molar refractivity (Wildman–Crippen MR) is 93.3 cm³/mol. The first kappa shape index (κ1) is 18.9. The van der Waals surface area contributed by atoms with Crippen LogP contribution in [-0.2, 0) is 6.54 Å². The van der Waals surface area contributed by atoms with Crippen LogP contribution in [0.1, 0.15) is 15.9 Å². The molecule has 0 fully saturated rings. The molecule has 0 saturated carbocycles. The summed E-state index contributed by atoms with van der Waals surface area (Å²) in [5, 5.41) is 0.414. The van der Waals surface area contributed by atoms with Gasteiger partial charge in [0.25, 0.3) is 0 Å². The van der Waals surface area contributed by atoms with Gasteiger partial charge in [0.2, 0.25) is 11.7 Å². The molecule has 0 saturated heterocycles. The van der Waals surface area contributed by atoms with E-state index in [9.17, 15) is 31.1 Å². The van der Waals surface area contributed by atoms with Gasteiger partial charge < -0.3 is 10.3 Å². The van der Waals surface area contributed by atoms with E-state index < -0.39 is 52.9 Å². The second-order valence-corrected chi connectivity index (χ2v) is 6.36. The minimum Gasteiger partial charge on any atom is -0.366 e. The van der Waals surface area contributed by atoms with Crippen molar-refractivity contribution in [2.75, 3.05) is 0 Å². The van der Waals surface area contributed by atoms with Crippen molar-refractivity contribution in [3.05, 3.63) is 82.4 Å². The molecule has 0 aliphatic rings. The van der Waals surface area contributed by atoms with Crippen molar-refractivity contribution in [3.63, 3.8) is 0 Å². The van der Waals surface area contributed by atoms with Gasteiger partial charge in [-0.15, -0.1) is 0 Å². The molecular formula is C20H10F6N2O. The third kappa shape index (κ3) is 2.72. The van der Waals surface area contributed by atoms with Crippen molar-refractivity contribution in [3.8, 4) is 0 Å². The number of primary amides is 1.